The molecule has 1 N–H and O–H groups in total. The fourth-order valence-corrected chi connectivity index (χ4v) is 5.62. The Morgan fingerprint density at radius 2 is 1.74 bits per heavy atom. The number of benzene rings is 1. The van der Waals surface area contributed by atoms with Crippen LogP contribution in [0, 0.1) is 0 Å². The third kappa shape index (κ3) is 4.57. The minimum atomic E-state index is -3.78. The van der Waals surface area contributed by atoms with Gasteiger partial charge in [0.1, 0.15) is 0 Å². The first-order valence-electron chi connectivity index (χ1n) is 8.71. The third-order valence-electron chi connectivity index (χ3n) is 4.31. The van der Waals surface area contributed by atoms with Crippen LogP contribution >= 0.6 is 0 Å². The first-order chi connectivity index (χ1) is 12.6. The average Bonchev–Trinajstić information content (AvgIpc) is 3.30. The number of aryl methyl sites for hydroxylation is 1. The van der Waals surface area contributed by atoms with Gasteiger partial charge in [0, 0.05) is 37.4 Å². The van der Waals surface area contributed by atoms with Crippen molar-refractivity contribution in [3.05, 3.63) is 42.2 Å². The highest BCUT2D eigenvalue weighted by molar-refractivity contribution is 7.89. The van der Waals surface area contributed by atoms with Gasteiger partial charge in [0.15, 0.2) is 0 Å². The van der Waals surface area contributed by atoms with Crippen molar-refractivity contribution in [2.75, 3.05) is 0 Å². The van der Waals surface area contributed by atoms with Crippen molar-refractivity contribution in [2.24, 2.45) is 7.05 Å². The Hall–Kier alpha value is -1.75. The van der Waals surface area contributed by atoms with Gasteiger partial charge in [-0.05, 0) is 51.0 Å². The molecule has 1 heterocycles. The lowest BCUT2D eigenvalue weighted by Gasteiger charge is -2.25. The van der Waals surface area contributed by atoms with Crippen LogP contribution in [0.2, 0.25) is 0 Å². The Bertz CT molecular complexity index is 1010. The second kappa shape index (κ2) is 7.34. The summed E-state index contributed by atoms with van der Waals surface area (Å²) in [6, 6.07) is 5.08. The summed E-state index contributed by atoms with van der Waals surface area (Å²) < 4.78 is 56.2. The highest BCUT2D eigenvalue weighted by Gasteiger charge is 2.30. The molecule has 1 saturated carbocycles. The van der Waals surface area contributed by atoms with Crippen LogP contribution in [0.1, 0.15) is 32.3 Å². The molecule has 2 aromatic rings. The number of nitrogens with one attached hydrogen (secondary N) is 1. The molecule has 1 aliphatic carbocycles. The highest BCUT2D eigenvalue weighted by Crippen LogP contribution is 2.25. The largest absolute Gasteiger partial charge is 0.275 e. The van der Waals surface area contributed by atoms with Crippen molar-refractivity contribution in [2.45, 2.75) is 55.1 Å². The lowest BCUT2D eigenvalue weighted by molar-refractivity contribution is 0.348. The molecule has 1 aromatic carbocycles. The van der Waals surface area contributed by atoms with E-state index in [1.165, 1.54) is 28.6 Å². The van der Waals surface area contributed by atoms with Crippen LogP contribution in [-0.4, -0.2) is 43.0 Å². The van der Waals surface area contributed by atoms with Gasteiger partial charge in [0.05, 0.1) is 16.0 Å². The summed E-state index contributed by atoms with van der Waals surface area (Å²) >= 11 is 0. The zero-order valence-electron chi connectivity index (χ0n) is 15.5. The number of nitrogens with zero attached hydrogens (tertiary/aromatic N) is 3. The number of rotatable bonds is 8. The number of hydrogen-bond donors (Lipinski definition) is 1. The molecule has 0 saturated heterocycles. The van der Waals surface area contributed by atoms with E-state index < -0.39 is 20.0 Å². The molecule has 0 radical (unpaired) electrons. The normalized spacial score (nSPS) is 15.6. The number of hydrogen-bond acceptors (Lipinski definition) is 5. The fraction of sp³-hybridized carbons (Fsp3) is 0.471. The van der Waals surface area contributed by atoms with Crippen molar-refractivity contribution in [3.63, 3.8) is 0 Å². The molecule has 3 rings (SSSR count). The maximum atomic E-state index is 13.1. The minimum Gasteiger partial charge on any atom is -0.275 e. The monoisotopic (exact) mass is 412 g/mol. The van der Waals surface area contributed by atoms with Crippen molar-refractivity contribution in [1.29, 1.82) is 0 Å². The smallest absolute Gasteiger partial charge is 0.243 e. The van der Waals surface area contributed by atoms with Gasteiger partial charge < -0.3 is 0 Å². The Balaban J connectivity index is 1.85. The molecule has 10 heteroatoms. The first-order valence-corrected chi connectivity index (χ1v) is 11.6. The van der Waals surface area contributed by atoms with E-state index in [-0.39, 0.29) is 28.4 Å². The lowest BCUT2D eigenvalue weighted by atomic mass is 10.3. The van der Waals surface area contributed by atoms with Crippen molar-refractivity contribution >= 4 is 20.0 Å². The van der Waals surface area contributed by atoms with Crippen molar-refractivity contribution in [1.82, 2.24) is 18.8 Å². The van der Waals surface area contributed by atoms with E-state index in [4.69, 9.17) is 0 Å². The van der Waals surface area contributed by atoms with Gasteiger partial charge in [-0.25, -0.2) is 21.6 Å². The maximum Gasteiger partial charge on any atom is 0.243 e. The summed E-state index contributed by atoms with van der Waals surface area (Å²) in [5, 5.41) is 4.07. The predicted octanol–water partition coefficient (Wildman–Crippen LogP) is 1.46. The zero-order chi connectivity index (χ0) is 19.8. The second-order valence-corrected chi connectivity index (χ2v) is 10.6. The molecule has 148 valence electrons. The molecule has 1 aliphatic rings. The maximum absolute atomic E-state index is 13.1. The standard InChI is InChI=1S/C17H24N4O4S2/c1-13(2)21(12-14-10-18-20(3)11-14)27(24,25)17-8-6-16(7-9-17)26(22,23)19-15-4-5-15/h6-11,13,15,19H,4-5,12H2,1-3H3. The first kappa shape index (κ1) is 20.0. The summed E-state index contributed by atoms with van der Waals surface area (Å²) in [5.74, 6) is 0. The van der Waals surface area contributed by atoms with Crippen LogP contribution in [0.3, 0.4) is 0 Å². The zero-order valence-corrected chi connectivity index (χ0v) is 17.2. The Labute approximate surface area is 160 Å². The molecule has 0 atom stereocenters. The van der Waals surface area contributed by atoms with Crippen molar-refractivity contribution < 1.29 is 16.8 Å². The summed E-state index contributed by atoms with van der Waals surface area (Å²) in [5.41, 5.74) is 0.780. The van der Waals surface area contributed by atoms with Gasteiger partial charge in [-0.2, -0.15) is 9.40 Å². The summed E-state index contributed by atoms with van der Waals surface area (Å²) in [4.78, 5) is 0.127. The molecule has 0 unspecified atom stereocenters. The Morgan fingerprint density at radius 3 is 2.22 bits per heavy atom. The quantitative estimate of drug-likeness (QED) is 0.707. The van der Waals surface area contributed by atoms with Crippen LogP contribution in [0.5, 0.6) is 0 Å². The molecular formula is C17H24N4O4S2. The topological polar surface area (TPSA) is 101 Å². The van der Waals surface area contributed by atoms with E-state index in [0.29, 0.717) is 0 Å². The molecule has 8 nitrogen and oxygen atoms in total. The van der Waals surface area contributed by atoms with Gasteiger partial charge in [-0.3, -0.25) is 4.68 Å². The van der Waals surface area contributed by atoms with E-state index in [1.807, 2.05) is 0 Å². The summed E-state index contributed by atoms with van der Waals surface area (Å²) in [7, 11) is -5.62. The van der Waals surface area contributed by atoms with Gasteiger partial charge >= 0.3 is 0 Å². The van der Waals surface area contributed by atoms with Gasteiger partial charge in [0.2, 0.25) is 20.0 Å². The molecular weight excluding hydrogens is 388 g/mol. The predicted molar refractivity (Wildman–Crippen MR) is 101 cm³/mol. The van der Waals surface area contributed by atoms with Crippen LogP contribution < -0.4 is 4.72 Å². The summed E-state index contributed by atoms with van der Waals surface area (Å²) in [6.45, 7) is 3.79. The molecule has 0 bridgehead atoms. The third-order valence-corrected chi connectivity index (χ3v) is 7.89. The van der Waals surface area contributed by atoms with E-state index in [9.17, 15) is 16.8 Å². The van der Waals surface area contributed by atoms with E-state index >= 15 is 0 Å². The lowest BCUT2D eigenvalue weighted by Crippen LogP contribution is -2.36. The van der Waals surface area contributed by atoms with Gasteiger partial charge in [-0.15, -0.1) is 0 Å². The molecule has 27 heavy (non-hydrogen) atoms. The highest BCUT2D eigenvalue weighted by atomic mass is 32.2. The molecule has 1 fully saturated rings. The minimum absolute atomic E-state index is 0.00526. The molecule has 0 aliphatic heterocycles. The van der Waals surface area contributed by atoms with Crippen LogP contribution in [0.25, 0.3) is 0 Å². The fourth-order valence-electron chi connectivity index (χ4n) is 2.69. The number of sulfonamides is 2. The Morgan fingerprint density at radius 1 is 1.15 bits per heavy atom. The van der Waals surface area contributed by atoms with Crippen LogP contribution in [-0.2, 0) is 33.6 Å². The van der Waals surface area contributed by atoms with E-state index in [1.54, 1.807) is 38.0 Å². The summed E-state index contributed by atoms with van der Waals surface area (Å²) in [6.07, 6.45) is 5.07. The van der Waals surface area contributed by atoms with Gasteiger partial charge in [-0.1, -0.05) is 0 Å². The average molecular weight is 413 g/mol. The molecule has 0 spiro atoms. The van der Waals surface area contributed by atoms with Crippen molar-refractivity contribution in [3.8, 4) is 0 Å². The van der Waals surface area contributed by atoms with E-state index in [0.717, 1.165) is 18.4 Å². The number of aromatic nitrogens is 2. The molecule has 1 aromatic heterocycles. The SMILES string of the molecule is CC(C)N(Cc1cnn(C)c1)S(=O)(=O)c1ccc(S(=O)(=O)NC2CC2)cc1. The second-order valence-electron chi connectivity index (χ2n) is 7.03. The molecule has 0 amide bonds. The van der Waals surface area contributed by atoms with Gasteiger partial charge in [0.25, 0.3) is 0 Å². The van der Waals surface area contributed by atoms with Crippen LogP contribution in [0.4, 0.5) is 0 Å². The Kier molecular flexibility index (Phi) is 5.44. The van der Waals surface area contributed by atoms with Crippen LogP contribution in [0.15, 0.2) is 46.5 Å². The van der Waals surface area contributed by atoms with E-state index in [2.05, 4.69) is 9.82 Å².